The summed E-state index contributed by atoms with van der Waals surface area (Å²) >= 11 is 0. The maximum absolute atomic E-state index is 11.0. The molecule has 0 saturated heterocycles. The molecule has 0 spiro atoms. The van der Waals surface area contributed by atoms with E-state index in [1.165, 1.54) is 141 Å². The molecule has 308 valence electrons. The van der Waals surface area contributed by atoms with Gasteiger partial charge in [0, 0.05) is 12.2 Å². The second kappa shape index (κ2) is 56.9. The molecule has 4 radical (unpaired) electrons. The normalized spacial score (nSPS) is 10.2. The van der Waals surface area contributed by atoms with Crippen molar-refractivity contribution in [2.45, 2.75) is 207 Å². The summed E-state index contributed by atoms with van der Waals surface area (Å²) in [6.07, 6.45) is 37.9. The maximum atomic E-state index is 11.0. The Bertz CT molecular complexity index is 743. The van der Waals surface area contributed by atoms with Gasteiger partial charge in [0.1, 0.15) is 0 Å². The van der Waals surface area contributed by atoms with Gasteiger partial charge in [0.2, 0.25) is 0 Å². The fourth-order valence-corrected chi connectivity index (χ4v) is 4.60. The van der Waals surface area contributed by atoms with Crippen LogP contribution in [-0.2, 0) is 28.7 Å². The molecule has 9 heteroatoms. The summed E-state index contributed by atoms with van der Waals surface area (Å²) in [5.74, 6) is -4.01. The number of esters is 2. The average Bonchev–Trinajstić information content (AvgIpc) is 3.14. The van der Waals surface area contributed by atoms with Gasteiger partial charge in [-0.25, -0.2) is 9.59 Å². The number of hydrogen-bond acceptors (Lipinski definition) is 8. The third kappa shape index (κ3) is 72.1. The first-order valence-electron chi connectivity index (χ1n) is 20.9. The molecule has 0 aliphatic rings. The van der Waals surface area contributed by atoms with Crippen LogP contribution in [0.1, 0.15) is 207 Å². The van der Waals surface area contributed by atoms with Crippen molar-refractivity contribution in [3.63, 3.8) is 0 Å². The number of carbonyl (C=O) groups is 4. The summed E-state index contributed by atoms with van der Waals surface area (Å²) in [5, 5.41) is 20.2. The molecule has 0 unspecified atom stereocenters. The summed E-state index contributed by atoms with van der Waals surface area (Å²) in [5.41, 5.74) is 0. The summed E-state index contributed by atoms with van der Waals surface area (Å²) in [6, 6.07) is 0. The molecule has 0 aromatic heterocycles. The molecule has 0 aromatic carbocycles. The first-order chi connectivity index (χ1) is 25.2. The molecule has 0 N–H and O–H groups in total. The van der Waals surface area contributed by atoms with E-state index >= 15 is 0 Å². The number of aliphatic carboxylic acids is 2. The Morgan fingerprint density at radius 3 is 0.792 bits per heavy atom. The van der Waals surface area contributed by atoms with Gasteiger partial charge in [0.25, 0.3) is 0 Å². The molecule has 0 fully saturated rings. The van der Waals surface area contributed by atoms with Crippen LogP contribution in [0.5, 0.6) is 0 Å². The smallest absolute Gasteiger partial charge is 0.545 e. The van der Waals surface area contributed by atoms with Gasteiger partial charge in [0.15, 0.2) is 0 Å². The molecule has 0 bridgehead atoms. The van der Waals surface area contributed by atoms with Crippen LogP contribution in [0, 0.1) is 13.8 Å². The number of rotatable bonds is 32. The van der Waals surface area contributed by atoms with Crippen LogP contribution in [0.3, 0.4) is 0 Å². The number of carbonyl (C=O) groups excluding carboxylic acids is 4. The minimum absolute atomic E-state index is 0. The molecule has 0 aliphatic heterocycles. The van der Waals surface area contributed by atoms with Crippen molar-refractivity contribution in [1.82, 2.24) is 0 Å². The second-order valence-corrected chi connectivity index (χ2v) is 13.1. The van der Waals surface area contributed by atoms with Crippen molar-refractivity contribution in [2.75, 3.05) is 13.2 Å². The van der Waals surface area contributed by atoms with Gasteiger partial charge in [-0.3, -0.25) is 0 Å². The van der Waals surface area contributed by atoms with E-state index in [1.807, 2.05) is 0 Å². The first-order valence-corrected chi connectivity index (χ1v) is 20.9. The fraction of sp³-hybridized carbons (Fsp3) is 0.773. The molecule has 0 aromatic rings. The molecular formula is C44H80O8Sn. The molecule has 0 atom stereocenters. The second-order valence-electron chi connectivity index (χ2n) is 13.1. The fourth-order valence-electron chi connectivity index (χ4n) is 4.60. The van der Waals surface area contributed by atoms with E-state index in [0.29, 0.717) is 25.4 Å². The molecular weight excluding hydrogens is 775 g/mol. The van der Waals surface area contributed by atoms with E-state index in [9.17, 15) is 29.4 Å². The molecule has 0 saturated carbocycles. The van der Waals surface area contributed by atoms with Crippen LogP contribution in [0.25, 0.3) is 0 Å². The van der Waals surface area contributed by atoms with Gasteiger partial charge in [-0.1, -0.05) is 208 Å². The van der Waals surface area contributed by atoms with Crippen LogP contribution < -0.4 is 10.2 Å². The number of ether oxygens (including phenoxy) is 2. The maximum Gasteiger partial charge on any atom is 2.00 e. The van der Waals surface area contributed by atoms with Crippen molar-refractivity contribution in [1.29, 1.82) is 0 Å². The molecule has 53 heavy (non-hydrogen) atoms. The topological polar surface area (TPSA) is 133 Å². The third-order valence-electron chi connectivity index (χ3n) is 7.90. The van der Waals surface area contributed by atoms with E-state index < -0.39 is 23.9 Å². The minimum Gasteiger partial charge on any atom is -0.545 e. The summed E-state index contributed by atoms with van der Waals surface area (Å²) in [4.78, 5) is 42.3. The number of carboxylic acid groups (broad SMARTS) is 2. The van der Waals surface area contributed by atoms with E-state index in [0.717, 1.165) is 50.7 Å². The number of carboxylic acids is 2. The van der Waals surface area contributed by atoms with Crippen LogP contribution >= 0.6 is 0 Å². The Kier molecular flexibility index (Phi) is 64.8. The predicted molar refractivity (Wildman–Crippen MR) is 219 cm³/mol. The van der Waals surface area contributed by atoms with Crippen molar-refractivity contribution in [3.05, 3.63) is 38.2 Å². The van der Waals surface area contributed by atoms with Gasteiger partial charge in [-0.15, -0.1) is 0 Å². The number of hydrogen-bond donors (Lipinski definition) is 0. The Balaban J connectivity index is -0.000000236. The standard InChI is InChI=1S/2C18H32O4.2C4H9.Sn/c2*1-2-3-4-5-6-7-8-9-10-11-12-13-16-22-18(21)15-14-17(19)20;2*1-3-4-2;/h2*14-15H,2-13,16H2,1H3,(H,19,20);2*1,3-4H2,2H3;/q;;;;+2/p-2/b2*15-14+;;;. The summed E-state index contributed by atoms with van der Waals surface area (Å²) in [6.45, 7) is 16.6. The molecule has 0 aliphatic carbocycles. The zero-order chi connectivity index (χ0) is 39.8. The van der Waals surface area contributed by atoms with Crippen LogP contribution in [0.2, 0.25) is 0 Å². The minimum atomic E-state index is -1.39. The van der Waals surface area contributed by atoms with Gasteiger partial charge in [0.05, 0.1) is 25.2 Å². The van der Waals surface area contributed by atoms with Gasteiger partial charge < -0.3 is 29.3 Å². The van der Waals surface area contributed by atoms with E-state index in [2.05, 4.69) is 41.5 Å². The summed E-state index contributed by atoms with van der Waals surface area (Å²) in [7, 11) is 0. The molecule has 8 nitrogen and oxygen atoms in total. The third-order valence-corrected chi connectivity index (χ3v) is 7.90. The zero-order valence-corrected chi connectivity index (χ0v) is 37.6. The Labute approximate surface area is 344 Å². The summed E-state index contributed by atoms with van der Waals surface area (Å²) < 4.78 is 9.73. The van der Waals surface area contributed by atoms with E-state index in [-0.39, 0.29) is 23.9 Å². The van der Waals surface area contributed by atoms with E-state index in [1.54, 1.807) is 0 Å². The molecule has 0 heterocycles. The monoisotopic (exact) mass is 856 g/mol. The Morgan fingerprint density at radius 2 is 0.604 bits per heavy atom. The zero-order valence-electron chi connectivity index (χ0n) is 34.7. The van der Waals surface area contributed by atoms with Crippen LogP contribution in [-0.4, -0.2) is 61.0 Å². The number of unbranched alkanes of at least 4 members (excludes halogenated alkanes) is 24. The van der Waals surface area contributed by atoms with Crippen molar-refractivity contribution in [2.24, 2.45) is 0 Å². The van der Waals surface area contributed by atoms with Crippen molar-refractivity contribution >= 4 is 47.8 Å². The molecule has 0 amide bonds. The average molecular weight is 856 g/mol. The van der Waals surface area contributed by atoms with E-state index in [4.69, 9.17) is 9.47 Å². The first kappa shape index (κ1) is 60.4. The quantitative estimate of drug-likeness (QED) is 0.0283. The Morgan fingerprint density at radius 1 is 0.396 bits per heavy atom. The van der Waals surface area contributed by atoms with Crippen LogP contribution in [0.15, 0.2) is 24.3 Å². The largest absolute Gasteiger partial charge is 2.00 e. The van der Waals surface area contributed by atoms with Crippen molar-refractivity contribution in [3.8, 4) is 0 Å². The van der Waals surface area contributed by atoms with Gasteiger partial charge >= 0.3 is 35.8 Å². The van der Waals surface area contributed by atoms with Gasteiger partial charge in [-0.05, 0) is 25.0 Å². The molecule has 0 rings (SSSR count). The predicted octanol–water partition coefficient (Wildman–Crippen LogP) is 9.93. The SMILES string of the molecule is CCCCCCCCCCCCCCOC(=O)/C=C/C(=O)[O-].CCCCCCCCCCCCCCOC(=O)/C=C/C(=O)[O-].[CH2]CCC.[CH2]CCC.[Sn+2]. The van der Waals surface area contributed by atoms with Crippen LogP contribution in [0.4, 0.5) is 0 Å². The van der Waals surface area contributed by atoms with Crippen molar-refractivity contribution < 1.29 is 38.9 Å². The Hall–Kier alpha value is -1.84. The van der Waals surface area contributed by atoms with Gasteiger partial charge in [-0.2, -0.15) is 0 Å².